The molecule has 1 atom stereocenters. The molecule has 2 N–H and O–H groups in total. The molecule has 1 saturated carbocycles. The highest BCUT2D eigenvalue weighted by atomic mass is 32.1. The maximum Gasteiger partial charge on any atom is 0.253 e. The lowest BCUT2D eigenvalue weighted by molar-refractivity contribution is -0.117. The second kappa shape index (κ2) is 9.40. The van der Waals surface area contributed by atoms with E-state index in [-0.39, 0.29) is 23.8 Å². The lowest BCUT2D eigenvalue weighted by Crippen LogP contribution is -2.43. The number of fused-ring (bicyclic) bond motifs is 1. The Kier molecular flexibility index (Phi) is 6.21. The van der Waals surface area contributed by atoms with Gasteiger partial charge in [-0.3, -0.25) is 14.5 Å². The van der Waals surface area contributed by atoms with Gasteiger partial charge in [0.05, 0.1) is 30.5 Å². The van der Waals surface area contributed by atoms with E-state index in [1.165, 1.54) is 4.88 Å². The van der Waals surface area contributed by atoms with Crippen molar-refractivity contribution in [2.75, 3.05) is 38.2 Å². The SMILES string of the molecule is O=C(NC[C@H](c1cccs1)N1CCOCC1)c1cc2ccccc2cc1NC(=O)C1CC1. The van der Waals surface area contributed by atoms with Gasteiger partial charge >= 0.3 is 0 Å². The molecule has 7 heteroatoms. The Bertz CT molecular complexity index is 1100. The predicted octanol–water partition coefficient (Wildman–Crippen LogP) is 4.05. The van der Waals surface area contributed by atoms with Crippen LogP contribution in [0.25, 0.3) is 10.8 Å². The number of carbonyl (C=O) groups excluding carboxylic acids is 2. The van der Waals surface area contributed by atoms with Crippen molar-refractivity contribution in [3.05, 3.63) is 64.4 Å². The number of nitrogens with zero attached hydrogens (tertiary/aromatic N) is 1. The largest absolute Gasteiger partial charge is 0.379 e. The highest BCUT2D eigenvalue weighted by molar-refractivity contribution is 7.10. The van der Waals surface area contributed by atoms with Crippen molar-refractivity contribution in [3.63, 3.8) is 0 Å². The Balaban J connectivity index is 1.38. The molecule has 2 amide bonds. The second-order valence-corrected chi connectivity index (χ2v) is 9.38. The van der Waals surface area contributed by atoms with Gasteiger partial charge in [-0.15, -0.1) is 11.3 Å². The van der Waals surface area contributed by atoms with Gasteiger partial charge < -0.3 is 15.4 Å². The molecule has 2 aliphatic rings. The molecule has 0 spiro atoms. The van der Waals surface area contributed by atoms with Crippen molar-refractivity contribution in [1.29, 1.82) is 0 Å². The molecule has 1 aliphatic carbocycles. The van der Waals surface area contributed by atoms with E-state index in [0.717, 1.165) is 36.7 Å². The second-order valence-electron chi connectivity index (χ2n) is 8.40. The number of benzene rings is 2. The number of amides is 2. The van der Waals surface area contributed by atoms with E-state index in [0.29, 0.717) is 31.0 Å². The van der Waals surface area contributed by atoms with Crippen LogP contribution < -0.4 is 10.6 Å². The summed E-state index contributed by atoms with van der Waals surface area (Å²) in [7, 11) is 0. The van der Waals surface area contributed by atoms with Crippen LogP contribution in [-0.2, 0) is 9.53 Å². The summed E-state index contributed by atoms with van der Waals surface area (Å²) < 4.78 is 5.51. The fraction of sp³-hybridized carbons (Fsp3) is 0.360. The maximum atomic E-state index is 13.3. The third-order valence-electron chi connectivity index (χ3n) is 6.15. The average molecular weight is 450 g/mol. The van der Waals surface area contributed by atoms with Gasteiger partial charge in [0, 0.05) is 30.4 Å². The van der Waals surface area contributed by atoms with Gasteiger partial charge in [0.2, 0.25) is 5.91 Å². The number of morpholine rings is 1. The summed E-state index contributed by atoms with van der Waals surface area (Å²) in [6.07, 6.45) is 1.84. The minimum Gasteiger partial charge on any atom is -0.379 e. The molecule has 1 aromatic heterocycles. The van der Waals surface area contributed by atoms with E-state index in [9.17, 15) is 9.59 Å². The summed E-state index contributed by atoms with van der Waals surface area (Å²) >= 11 is 1.70. The first-order chi connectivity index (χ1) is 15.7. The smallest absolute Gasteiger partial charge is 0.253 e. The zero-order chi connectivity index (χ0) is 21.9. The van der Waals surface area contributed by atoms with Crippen molar-refractivity contribution in [1.82, 2.24) is 10.2 Å². The number of thiophene rings is 1. The third-order valence-corrected chi connectivity index (χ3v) is 7.12. The topological polar surface area (TPSA) is 70.7 Å². The molecule has 1 saturated heterocycles. The van der Waals surface area contributed by atoms with Gasteiger partial charge in [-0.2, -0.15) is 0 Å². The molecule has 1 aliphatic heterocycles. The lowest BCUT2D eigenvalue weighted by Gasteiger charge is -2.34. The average Bonchev–Trinajstić information content (AvgIpc) is 3.55. The van der Waals surface area contributed by atoms with Gasteiger partial charge in [0.15, 0.2) is 0 Å². The first kappa shape index (κ1) is 21.1. The number of ether oxygens (including phenoxy) is 1. The minimum atomic E-state index is -0.170. The number of hydrogen-bond acceptors (Lipinski definition) is 5. The fourth-order valence-corrected chi connectivity index (χ4v) is 5.04. The van der Waals surface area contributed by atoms with Gasteiger partial charge in [0.25, 0.3) is 5.91 Å². The highest BCUT2D eigenvalue weighted by Crippen LogP contribution is 2.32. The van der Waals surface area contributed by atoms with Gasteiger partial charge in [-0.05, 0) is 47.2 Å². The van der Waals surface area contributed by atoms with Crippen molar-refractivity contribution < 1.29 is 14.3 Å². The van der Waals surface area contributed by atoms with Gasteiger partial charge in [-0.1, -0.05) is 30.3 Å². The zero-order valence-corrected chi connectivity index (χ0v) is 18.7. The monoisotopic (exact) mass is 449 g/mol. The molecule has 2 fully saturated rings. The number of carbonyl (C=O) groups is 2. The van der Waals surface area contributed by atoms with Crippen molar-refractivity contribution in [2.24, 2.45) is 5.92 Å². The van der Waals surface area contributed by atoms with Gasteiger partial charge in [-0.25, -0.2) is 0 Å². The summed E-state index contributed by atoms with van der Waals surface area (Å²) in [4.78, 5) is 29.4. The first-order valence-corrected chi connectivity index (χ1v) is 12.0. The number of rotatable bonds is 7. The zero-order valence-electron chi connectivity index (χ0n) is 17.9. The molecule has 6 nitrogen and oxygen atoms in total. The van der Waals surface area contributed by atoms with E-state index >= 15 is 0 Å². The standard InChI is InChI=1S/C25H27N3O3S/c29-24(17-7-8-17)27-21-15-19-5-2-1-4-18(19)14-20(21)25(30)26-16-22(23-6-3-13-32-23)28-9-11-31-12-10-28/h1-6,13-15,17,22H,7-12,16H2,(H,26,30)(H,27,29)/t22-/m1/s1. The molecule has 0 unspecified atom stereocenters. The van der Waals surface area contributed by atoms with E-state index < -0.39 is 0 Å². The maximum absolute atomic E-state index is 13.3. The Morgan fingerprint density at radius 1 is 1.06 bits per heavy atom. The van der Waals surface area contributed by atoms with Crippen LogP contribution in [0, 0.1) is 5.92 Å². The molecular weight excluding hydrogens is 422 g/mol. The Labute approximate surface area is 191 Å². The molecule has 166 valence electrons. The summed E-state index contributed by atoms with van der Waals surface area (Å²) in [5.41, 5.74) is 1.08. The third kappa shape index (κ3) is 4.70. The summed E-state index contributed by atoms with van der Waals surface area (Å²) in [5, 5.41) is 10.2. The van der Waals surface area contributed by atoms with Crippen molar-refractivity contribution >= 4 is 39.6 Å². The quantitative estimate of drug-likeness (QED) is 0.571. The predicted molar refractivity (Wildman–Crippen MR) is 127 cm³/mol. The molecule has 0 radical (unpaired) electrons. The van der Waals surface area contributed by atoms with Gasteiger partial charge in [0.1, 0.15) is 0 Å². The van der Waals surface area contributed by atoms with Crippen LogP contribution in [0.4, 0.5) is 5.69 Å². The number of hydrogen-bond donors (Lipinski definition) is 2. The van der Waals surface area contributed by atoms with Crippen molar-refractivity contribution in [3.8, 4) is 0 Å². The summed E-state index contributed by atoms with van der Waals surface area (Å²) in [6.45, 7) is 3.60. The number of nitrogens with one attached hydrogen (secondary N) is 2. The molecule has 3 aromatic rings. The molecule has 2 aromatic carbocycles. The highest BCUT2D eigenvalue weighted by Gasteiger charge is 2.30. The van der Waals surface area contributed by atoms with Crippen LogP contribution in [-0.4, -0.2) is 49.6 Å². The van der Waals surface area contributed by atoms with Crippen molar-refractivity contribution in [2.45, 2.75) is 18.9 Å². The molecule has 2 heterocycles. The van der Waals surface area contributed by atoms with E-state index in [2.05, 4.69) is 27.0 Å². The van der Waals surface area contributed by atoms with Crippen LogP contribution >= 0.6 is 11.3 Å². The normalized spacial score (nSPS) is 17.8. The van der Waals surface area contributed by atoms with Crippen LogP contribution in [0.15, 0.2) is 53.9 Å². The molecule has 0 bridgehead atoms. The van der Waals surface area contributed by atoms with Crippen LogP contribution in [0.2, 0.25) is 0 Å². The molecule has 5 rings (SSSR count). The summed E-state index contributed by atoms with van der Waals surface area (Å²) in [5.74, 6) is -0.0994. The number of anilines is 1. The molecule has 32 heavy (non-hydrogen) atoms. The van der Waals surface area contributed by atoms with E-state index in [4.69, 9.17) is 4.74 Å². The molecular formula is C25H27N3O3S. The first-order valence-electron chi connectivity index (χ1n) is 11.2. The van der Waals surface area contributed by atoms with Crippen LogP contribution in [0.3, 0.4) is 0 Å². The Hall–Kier alpha value is -2.74. The van der Waals surface area contributed by atoms with E-state index in [1.807, 2.05) is 42.5 Å². The van der Waals surface area contributed by atoms with E-state index in [1.54, 1.807) is 11.3 Å². The minimum absolute atomic E-state index is 0.000824. The summed E-state index contributed by atoms with van der Waals surface area (Å²) in [6, 6.07) is 16.0. The van der Waals surface area contributed by atoms with Crippen LogP contribution in [0.1, 0.15) is 34.1 Å². The Morgan fingerprint density at radius 2 is 1.81 bits per heavy atom. The van der Waals surface area contributed by atoms with Crippen LogP contribution in [0.5, 0.6) is 0 Å². The fourth-order valence-electron chi connectivity index (χ4n) is 4.18. The Morgan fingerprint density at radius 3 is 2.50 bits per heavy atom. The lowest BCUT2D eigenvalue weighted by atomic mass is 10.0.